The Morgan fingerprint density at radius 2 is 1.94 bits per heavy atom. The van der Waals surface area contributed by atoms with Crippen LogP contribution in [0, 0.1) is 0 Å². The van der Waals surface area contributed by atoms with E-state index in [-0.39, 0.29) is 5.41 Å². The lowest BCUT2D eigenvalue weighted by atomic mass is 9.92. The number of nitrogens with zero attached hydrogens (tertiary/aromatic N) is 2. The zero-order chi connectivity index (χ0) is 13.3. The Morgan fingerprint density at radius 3 is 2.50 bits per heavy atom. The maximum Gasteiger partial charge on any atom is 0.197 e. The van der Waals surface area contributed by atoms with Crippen molar-refractivity contribution in [3.8, 4) is 11.6 Å². The molecule has 2 aromatic rings. The molecule has 0 spiro atoms. The number of hydrogen-bond donors (Lipinski definition) is 0. The summed E-state index contributed by atoms with van der Waals surface area (Å²) in [6.45, 7) is 8.32. The minimum absolute atomic E-state index is 0.0679. The van der Waals surface area contributed by atoms with Crippen molar-refractivity contribution in [2.45, 2.75) is 39.5 Å². The minimum atomic E-state index is -0.0679. The van der Waals surface area contributed by atoms with Gasteiger partial charge in [0, 0.05) is 11.8 Å². The molecule has 0 N–H and O–H groups in total. The van der Waals surface area contributed by atoms with Gasteiger partial charge in [-0.05, 0) is 18.2 Å². The number of hydrogen-bond acceptors (Lipinski definition) is 3. The van der Waals surface area contributed by atoms with E-state index in [4.69, 9.17) is 16.0 Å². The van der Waals surface area contributed by atoms with E-state index in [0.29, 0.717) is 16.7 Å². The van der Waals surface area contributed by atoms with Crippen molar-refractivity contribution in [3.05, 3.63) is 34.8 Å². The third kappa shape index (κ3) is 2.72. The Bertz CT molecular complexity index is 555. The SMILES string of the molecule is CCc1ccc(-c2nc(Cl)cc(C(C)(C)C)n2)o1. The summed E-state index contributed by atoms with van der Waals surface area (Å²) in [5.74, 6) is 2.14. The fourth-order valence-electron chi connectivity index (χ4n) is 1.60. The summed E-state index contributed by atoms with van der Waals surface area (Å²) in [5, 5.41) is 0.444. The highest BCUT2D eigenvalue weighted by molar-refractivity contribution is 6.29. The second-order valence-corrected chi connectivity index (χ2v) is 5.66. The van der Waals surface area contributed by atoms with Gasteiger partial charge in [0.2, 0.25) is 0 Å². The predicted molar refractivity (Wildman–Crippen MR) is 72.8 cm³/mol. The van der Waals surface area contributed by atoms with Gasteiger partial charge in [-0.2, -0.15) is 0 Å². The first-order valence-electron chi connectivity index (χ1n) is 6.04. The molecule has 0 aliphatic heterocycles. The number of aryl methyl sites for hydroxylation is 1. The molecule has 0 unspecified atom stereocenters. The van der Waals surface area contributed by atoms with Crippen LogP contribution in [-0.2, 0) is 11.8 Å². The molecular weight excluding hydrogens is 248 g/mol. The van der Waals surface area contributed by atoms with Gasteiger partial charge < -0.3 is 4.42 Å². The van der Waals surface area contributed by atoms with Crippen molar-refractivity contribution < 1.29 is 4.42 Å². The molecule has 0 aromatic carbocycles. The van der Waals surface area contributed by atoms with Crippen molar-refractivity contribution in [2.24, 2.45) is 0 Å². The Hall–Kier alpha value is -1.35. The average Bonchev–Trinajstić information content (AvgIpc) is 2.75. The van der Waals surface area contributed by atoms with Gasteiger partial charge in [0.05, 0.1) is 5.69 Å². The van der Waals surface area contributed by atoms with Crippen molar-refractivity contribution in [1.29, 1.82) is 0 Å². The molecule has 2 rings (SSSR count). The molecule has 0 aliphatic carbocycles. The van der Waals surface area contributed by atoms with Gasteiger partial charge in [-0.3, -0.25) is 0 Å². The van der Waals surface area contributed by atoms with Gasteiger partial charge in [-0.1, -0.05) is 39.3 Å². The molecule has 2 heterocycles. The zero-order valence-corrected chi connectivity index (χ0v) is 11.9. The summed E-state index contributed by atoms with van der Waals surface area (Å²) in [7, 11) is 0. The molecule has 2 aromatic heterocycles. The lowest BCUT2D eigenvalue weighted by Gasteiger charge is -2.18. The number of rotatable bonds is 2. The van der Waals surface area contributed by atoms with Gasteiger partial charge in [-0.15, -0.1) is 0 Å². The lowest BCUT2D eigenvalue weighted by molar-refractivity contribution is 0.522. The van der Waals surface area contributed by atoms with E-state index < -0.39 is 0 Å². The largest absolute Gasteiger partial charge is 0.458 e. The van der Waals surface area contributed by atoms with Crippen LogP contribution in [0.15, 0.2) is 22.6 Å². The van der Waals surface area contributed by atoms with Crippen LogP contribution in [0.3, 0.4) is 0 Å². The van der Waals surface area contributed by atoms with Crippen molar-refractivity contribution in [1.82, 2.24) is 9.97 Å². The third-order valence-electron chi connectivity index (χ3n) is 2.69. The standard InChI is InChI=1S/C14H17ClN2O/c1-5-9-6-7-10(18-9)13-16-11(14(2,3)4)8-12(15)17-13/h6-8H,5H2,1-4H3. The van der Waals surface area contributed by atoms with E-state index in [0.717, 1.165) is 17.9 Å². The summed E-state index contributed by atoms with van der Waals surface area (Å²) in [6, 6.07) is 5.63. The number of aromatic nitrogens is 2. The second kappa shape index (κ2) is 4.73. The molecule has 0 atom stereocenters. The van der Waals surface area contributed by atoms with Crippen LogP contribution in [0.5, 0.6) is 0 Å². The minimum Gasteiger partial charge on any atom is -0.458 e. The molecule has 3 nitrogen and oxygen atoms in total. The van der Waals surface area contributed by atoms with E-state index in [1.165, 1.54) is 0 Å². The smallest absolute Gasteiger partial charge is 0.197 e. The van der Waals surface area contributed by atoms with Gasteiger partial charge in [0.15, 0.2) is 11.6 Å². The van der Waals surface area contributed by atoms with Crippen LogP contribution in [0.25, 0.3) is 11.6 Å². The molecule has 0 saturated heterocycles. The molecule has 96 valence electrons. The fourth-order valence-corrected chi connectivity index (χ4v) is 1.78. The molecule has 4 heteroatoms. The molecule has 0 fully saturated rings. The van der Waals surface area contributed by atoms with Crippen LogP contribution < -0.4 is 0 Å². The zero-order valence-electron chi connectivity index (χ0n) is 11.1. The molecule has 0 amide bonds. The van der Waals surface area contributed by atoms with Crippen molar-refractivity contribution >= 4 is 11.6 Å². The molecular formula is C14H17ClN2O. The normalized spacial score (nSPS) is 11.8. The monoisotopic (exact) mass is 264 g/mol. The average molecular weight is 265 g/mol. The van der Waals surface area contributed by atoms with E-state index in [2.05, 4.69) is 30.7 Å². The quantitative estimate of drug-likeness (QED) is 0.761. The summed E-state index contributed by atoms with van der Waals surface area (Å²) < 4.78 is 5.66. The van der Waals surface area contributed by atoms with E-state index in [1.54, 1.807) is 6.07 Å². The Labute approximate surface area is 112 Å². The van der Waals surface area contributed by atoms with Gasteiger partial charge in [0.1, 0.15) is 10.9 Å². The number of furan rings is 1. The van der Waals surface area contributed by atoms with Gasteiger partial charge in [-0.25, -0.2) is 9.97 Å². The lowest BCUT2D eigenvalue weighted by Crippen LogP contribution is -2.14. The maximum atomic E-state index is 6.05. The molecule has 0 bridgehead atoms. The first-order chi connectivity index (χ1) is 8.40. The Morgan fingerprint density at radius 1 is 1.22 bits per heavy atom. The predicted octanol–water partition coefficient (Wildman–Crippen LogP) is 4.25. The van der Waals surface area contributed by atoms with E-state index in [1.807, 2.05) is 19.1 Å². The molecule has 18 heavy (non-hydrogen) atoms. The molecule has 0 saturated carbocycles. The van der Waals surface area contributed by atoms with Crippen molar-refractivity contribution in [3.63, 3.8) is 0 Å². The first kappa shape index (κ1) is 13.1. The summed E-state index contributed by atoms with van der Waals surface area (Å²) >= 11 is 6.05. The van der Waals surface area contributed by atoms with Crippen LogP contribution in [0.1, 0.15) is 39.1 Å². The topological polar surface area (TPSA) is 38.9 Å². The highest BCUT2D eigenvalue weighted by Crippen LogP contribution is 2.26. The summed E-state index contributed by atoms with van der Waals surface area (Å²) in [5.41, 5.74) is 0.841. The summed E-state index contributed by atoms with van der Waals surface area (Å²) in [6.07, 6.45) is 0.854. The maximum absolute atomic E-state index is 6.05. The summed E-state index contributed by atoms with van der Waals surface area (Å²) in [4.78, 5) is 8.76. The van der Waals surface area contributed by atoms with Crippen LogP contribution >= 0.6 is 11.6 Å². The third-order valence-corrected chi connectivity index (χ3v) is 2.89. The molecule has 0 aliphatic rings. The Kier molecular flexibility index (Phi) is 3.44. The highest BCUT2D eigenvalue weighted by atomic mass is 35.5. The molecule has 0 radical (unpaired) electrons. The number of halogens is 1. The van der Waals surface area contributed by atoms with Crippen molar-refractivity contribution in [2.75, 3.05) is 0 Å². The second-order valence-electron chi connectivity index (χ2n) is 5.27. The van der Waals surface area contributed by atoms with Gasteiger partial charge in [0.25, 0.3) is 0 Å². The first-order valence-corrected chi connectivity index (χ1v) is 6.42. The highest BCUT2D eigenvalue weighted by Gasteiger charge is 2.19. The van der Waals surface area contributed by atoms with E-state index in [9.17, 15) is 0 Å². The van der Waals surface area contributed by atoms with Crippen LogP contribution in [0.4, 0.5) is 0 Å². The Balaban J connectivity index is 2.48. The van der Waals surface area contributed by atoms with E-state index >= 15 is 0 Å². The van der Waals surface area contributed by atoms with Crippen LogP contribution in [-0.4, -0.2) is 9.97 Å². The van der Waals surface area contributed by atoms with Gasteiger partial charge >= 0.3 is 0 Å². The van der Waals surface area contributed by atoms with Crippen LogP contribution in [0.2, 0.25) is 5.15 Å². The fraction of sp³-hybridized carbons (Fsp3) is 0.429.